The third-order valence-corrected chi connectivity index (χ3v) is 1.86. The molecule has 0 aliphatic heterocycles. The molecule has 0 spiro atoms. The molecule has 66 valence electrons. The zero-order valence-electron chi connectivity index (χ0n) is 6.90. The Bertz CT molecular complexity index is 475. The average Bonchev–Trinajstić information content (AvgIpc) is 2.49. The van der Waals surface area contributed by atoms with Gasteiger partial charge in [0.15, 0.2) is 0 Å². The van der Waals surface area contributed by atoms with E-state index in [-0.39, 0.29) is 5.69 Å². The third-order valence-electron chi connectivity index (χ3n) is 1.86. The van der Waals surface area contributed by atoms with Gasteiger partial charge < -0.3 is 10.1 Å². The van der Waals surface area contributed by atoms with E-state index in [0.29, 0.717) is 5.65 Å². The van der Waals surface area contributed by atoms with Crippen molar-refractivity contribution in [1.29, 1.82) is 0 Å². The highest BCUT2D eigenvalue weighted by Gasteiger charge is 2.09. The summed E-state index contributed by atoms with van der Waals surface area (Å²) in [5, 5.41) is 9.45. The second kappa shape index (κ2) is 2.55. The van der Waals surface area contributed by atoms with Crippen LogP contribution in [0.5, 0.6) is 0 Å². The molecule has 5 heteroatoms. The molecule has 0 unspecified atom stereocenters. The van der Waals surface area contributed by atoms with E-state index < -0.39 is 5.97 Å². The normalized spacial score (nSPS) is 10.5. The predicted molar refractivity (Wildman–Crippen MR) is 45.6 cm³/mol. The Morgan fingerprint density at radius 3 is 2.92 bits per heavy atom. The van der Waals surface area contributed by atoms with E-state index in [1.807, 2.05) is 6.92 Å². The molecule has 0 saturated heterocycles. The van der Waals surface area contributed by atoms with Gasteiger partial charge in [0.1, 0.15) is 17.7 Å². The number of aromatic carboxylic acids is 1. The smallest absolute Gasteiger partial charge is 0.352 e. The van der Waals surface area contributed by atoms with Crippen molar-refractivity contribution in [3.8, 4) is 0 Å². The summed E-state index contributed by atoms with van der Waals surface area (Å²) < 4.78 is 0. The Kier molecular flexibility index (Phi) is 1.51. The maximum Gasteiger partial charge on any atom is 0.352 e. The average molecular weight is 177 g/mol. The van der Waals surface area contributed by atoms with Gasteiger partial charge in [-0.05, 0) is 13.0 Å². The summed E-state index contributed by atoms with van der Waals surface area (Å²) in [5.74, 6) is -0.989. The number of fused-ring (bicyclic) bond motifs is 1. The van der Waals surface area contributed by atoms with Gasteiger partial charge in [0, 0.05) is 5.39 Å². The van der Waals surface area contributed by atoms with Crippen molar-refractivity contribution in [2.75, 3.05) is 0 Å². The van der Waals surface area contributed by atoms with E-state index >= 15 is 0 Å². The highest BCUT2D eigenvalue weighted by molar-refractivity contribution is 5.93. The predicted octanol–water partition coefficient (Wildman–Crippen LogP) is 0.965. The fourth-order valence-corrected chi connectivity index (χ4v) is 1.18. The molecule has 0 aromatic carbocycles. The first-order valence-corrected chi connectivity index (χ1v) is 3.72. The number of carboxylic acids is 1. The van der Waals surface area contributed by atoms with Crippen molar-refractivity contribution in [2.24, 2.45) is 0 Å². The number of H-pyrrole nitrogens is 1. The molecule has 0 fully saturated rings. The highest BCUT2D eigenvalue weighted by Crippen LogP contribution is 2.14. The van der Waals surface area contributed by atoms with Gasteiger partial charge in [0.25, 0.3) is 0 Å². The maximum absolute atomic E-state index is 10.6. The second-order valence-corrected chi connectivity index (χ2v) is 2.71. The van der Waals surface area contributed by atoms with E-state index in [0.717, 1.165) is 11.1 Å². The van der Waals surface area contributed by atoms with Crippen LogP contribution in [0.1, 0.15) is 16.2 Å². The SMILES string of the molecule is Cc1ncnc2[nH]c(C(=O)O)cc12. The summed E-state index contributed by atoms with van der Waals surface area (Å²) in [6.07, 6.45) is 1.40. The van der Waals surface area contributed by atoms with Gasteiger partial charge in [-0.25, -0.2) is 14.8 Å². The van der Waals surface area contributed by atoms with Crippen LogP contribution in [0.25, 0.3) is 11.0 Å². The fourth-order valence-electron chi connectivity index (χ4n) is 1.18. The Labute approximate surface area is 73.4 Å². The van der Waals surface area contributed by atoms with Crippen LogP contribution in [0, 0.1) is 6.92 Å². The minimum atomic E-state index is -0.989. The minimum Gasteiger partial charge on any atom is -0.477 e. The maximum atomic E-state index is 10.6. The Hall–Kier alpha value is -1.91. The molecule has 0 saturated carbocycles. The third kappa shape index (κ3) is 1.14. The summed E-state index contributed by atoms with van der Waals surface area (Å²) in [7, 11) is 0. The van der Waals surface area contributed by atoms with Gasteiger partial charge in [-0.15, -0.1) is 0 Å². The molecule has 2 rings (SSSR count). The number of rotatable bonds is 1. The minimum absolute atomic E-state index is 0.138. The summed E-state index contributed by atoms with van der Waals surface area (Å²) in [5.41, 5.74) is 1.47. The molecular weight excluding hydrogens is 170 g/mol. The molecule has 0 bridgehead atoms. The molecule has 2 N–H and O–H groups in total. The lowest BCUT2D eigenvalue weighted by Crippen LogP contribution is -1.94. The summed E-state index contributed by atoms with van der Waals surface area (Å²) in [6.45, 7) is 1.81. The van der Waals surface area contributed by atoms with Crippen LogP contribution in [0.15, 0.2) is 12.4 Å². The van der Waals surface area contributed by atoms with E-state index in [4.69, 9.17) is 5.11 Å². The van der Waals surface area contributed by atoms with E-state index in [2.05, 4.69) is 15.0 Å². The molecule has 0 amide bonds. The lowest BCUT2D eigenvalue weighted by molar-refractivity contribution is 0.0691. The number of nitrogens with one attached hydrogen (secondary N) is 1. The topological polar surface area (TPSA) is 78.9 Å². The van der Waals surface area contributed by atoms with Gasteiger partial charge in [-0.2, -0.15) is 0 Å². The van der Waals surface area contributed by atoms with Crippen LogP contribution < -0.4 is 0 Å². The van der Waals surface area contributed by atoms with Crippen LogP contribution >= 0.6 is 0 Å². The lowest BCUT2D eigenvalue weighted by Gasteiger charge is -1.90. The lowest BCUT2D eigenvalue weighted by atomic mass is 10.3. The van der Waals surface area contributed by atoms with Crippen LogP contribution in [0.4, 0.5) is 0 Å². The first kappa shape index (κ1) is 7.72. The van der Waals surface area contributed by atoms with Gasteiger partial charge in [0.05, 0.1) is 5.69 Å². The van der Waals surface area contributed by atoms with E-state index in [1.54, 1.807) is 0 Å². The zero-order chi connectivity index (χ0) is 9.42. The van der Waals surface area contributed by atoms with Crippen molar-refractivity contribution in [3.63, 3.8) is 0 Å². The van der Waals surface area contributed by atoms with Crippen LogP contribution in [-0.4, -0.2) is 26.0 Å². The van der Waals surface area contributed by atoms with Crippen molar-refractivity contribution < 1.29 is 9.90 Å². The van der Waals surface area contributed by atoms with Crippen molar-refractivity contribution >= 4 is 17.0 Å². The summed E-state index contributed by atoms with van der Waals surface area (Å²) in [6, 6.07) is 1.53. The van der Waals surface area contributed by atoms with Gasteiger partial charge in [-0.3, -0.25) is 0 Å². The molecule has 0 atom stereocenters. The molecule has 5 nitrogen and oxygen atoms in total. The van der Waals surface area contributed by atoms with Crippen LogP contribution in [0.2, 0.25) is 0 Å². The van der Waals surface area contributed by atoms with E-state index in [1.165, 1.54) is 12.4 Å². The number of hydrogen-bond acceptors (Lipinski definition) is 3. The monoisotopic (exact) mass is 177 g/mol. The number of aryl methyl sites for hydroxylation is 1. The quantitative estimate of drug-likeness (QED) is 0.680. The molecule has 0 aliphatic rings. The second-order valence-electron chi connectivity index (χ2n) is 2.71. The van der Waals surface area contributed by atoms with Gasteiger partial charge in [-0.1, -0.05) is 0 Å². The fraction of sp³-hybridized carbons (Fsp3) is 0.125. The van der Waals surface area contributed by atoms with Gasteiger partial charge in [0.2, 0.25) is 0 Å². The first-order valence-electron chi connectivity index (χ1n) is 3.72. The molecule has 13 heavy (non-hydrogen) atoms. The van der Waals surface area contributed by atoms with Gasteiger partial charge >= 0.3 is 5.97 Å². The molecule has 2 aromatic heterocycles. The first-order chi connectivity index (χ1) is 6.18. The standard InChI is InChI=1S/C8H7N3O2/c1-4-5-2-6(8(12)13)11-7(5)10-3-9-4/h2-3H,1H3,(H,12,13)(H,9,10,11). The molecule has 2 heterocycles. The molecular formula is C8H7N3O2. The van der Waals surface area contributed by atoms with E-state index in [9.17, 15) is 4.79 Å². The summed E-state index contributed by atoms with van der Waals surface area (Å²) in [4.78, 5) is 21.2. The van der Waals surface area contributed by atoms with Crippen molar-refractivity contribution in [3.05, 3.63) is 23.8 Å². The molecule has 0 radical (unpaired) electrons. The van der Waals surface area contributed by atoms with Crippen molar-refractivity contribution in [2.45, 2.75) is 6.92 Å². The van der Waals surface area contributed by atoms with Crippen LogP contribution in [-0.2, 0) is 0 Å². The number of carboxylic acid groups (broad SMARTS) is 1. The Morgan fingerprint density at radius 1 is 1.54 bits per heavy atom. The van der Waals surface area contributed by atoms with Crippen molar-refractivity contribution in [1.82, 2.24) is 15.0 Å². The Balaban J connectivity index is 2.75. The molecule has 0 aliphatic carbocycles. The van der Waals surface area contributed by atoms with Crippen LogP contribution in [0.3, 0.4) is 0 Å². The Morgan fingerprint density at radius 2 is 2.31 bits per heavy atom. The number of aromatic nitrogens is 3. The number of carbonyl (C=O) groups is 1. The number of hydrogen-bond donors (Lipinski definition) is 2. The zero-order valence-corrected chi connectivity index (χ0v) is 6.90. The molecule has 2 aromatic rings. The largest absolute Gasteiger partial charge is 0.477 e. The highest BCUT2D eigenvalue weighted by atomic mass is 16.4. The number of nitrogens with zero attached hydrogens (tertiary/aromatic N) is 2. The summed E-state index contributed by atoms with van der Waals surface area (Å²) >= 11 is 0. The number of aromatic amines is 1.